The molecule has 0 amide bonds. The van der Waals surface area contributed by atoms with Crippen LogP contribution in [0.5, 0.6) is 0 Å². The van der Waals surface area contributed by atoms with Gasteiger partial charge >= 0.3 is 0 Å². The van der Waals surface area contributed by atoms with Gasteiger partial charge in [-0.25, -0.2) is 9.98 Å². The van der Waals surface area contributed by atoms with Crippen molar-refractivity contribution in [3.05, 3.63) is 33.1 Å². The molecule has 0 saturated heterocycles. The monoisotopic (exact) mass is 491 g/mol. The summed E-state index contributed by atoms with van der Waals surface area (Å²) >= 11 is 1.73. The fraction of sp³-hybridized carbons (Fsp3) is 0.611. The summed E-state index contributed by atoms with van der Waals surface area (Å²) in [6, 6.07) is 0. The molecule has 0 aromatic carbocycles. The van der Waals surface area contributed by atoms with Crippen LogP contribution in [0.15, 0.2) is 14.9 Å². The van der Waals surface area contributed by atoms with E-state index in [1.807, 2.05) is 6.92 Å². The molecule has 0 aliphatic rings. The fourth-order valence-corrected chi connectivity index (χ4v) is 3.40. The van der Waals surface area contributed by atoms with Gasteiger partial charge in [0, 0.05) is 42.6 Å². The third-order valence-electron chi connectivity index (χ3n) is 3.87. The maximum atomic E-state index is 5.41. The quantitative estimate of drug-likeness (QED) is 0.241. The third-order valence-corrected chi connectivity index (χ3v) is 4.90. The van der Waals surface area contributed by atoms with Crippen molar-refractivity contribution >= 4 is 41.3 Å². The summed E-state index contributed by atoms with van der Waals surface area (Å²) in [4.78, 5) is 9.20. The molecule has 146 valence electrons. The van der Waals surface area contributed by atoms with Gasteiger partial charge in [-0.2, -0.15) is 0 Å². The standard InChI is InChI=1S/C18H29N5OS.HI/c1-5-15-14(16(6-2)24-23-15)11-21-18(19-7-3)20-10-8-9-17-22-13(4)12-25-17;/h12H,5-11H2,1-4H3,(H2,19,20,21);1H. The van der Waals surface area contributed by atoms with E-state index in [0.717, 1.165) is 67.4 Å². The minimum atomic E-state index is 0. The molecular formula is C18H30IN5OS. The van der Waals surface area contributed by atoms with E-state index in [1.54, 1.807) is 11.3 Å². The van der Waals surface area contributed by atoms with Crippen molar-refractivity contribution < 1.29 is 4.52 Å². The van der Waals surface area contributed by atoms with Gasteiger partial charge in [-0.05, 0) is 26.7 Å². The van der Waals surface area contributed by atoms with E-state index in [-0.39, 0.29) is 24.0 Å². The molecule has 2 rings (SSSR count). The summed E-state index contributed by atoms with van der Waals surface area (Å²) in [7, 11) is 0. The van der Waals surface area contributed by atoms with Crippen LogP contribution in [0.25, 0.3) is 0 Å². The smallest absolute Gasteiger partial charge is 0.191 e. The van der Waals surface area contributed by atoms with Gasteiger partial charge < -0.3 is 15.2 Å². The molecule has 0 spiro atoms. The molecule has 2 heterocycles. The zero-order valence-electron chi connectivity index (χ0n) is 16.1. The summed E-state index contributed by atoms with van der Waals surface area (Å²) in [6.07, 6.45) is 3.74. The second kappa shape index (κ2) is 12.3. The molecule has 26 heavy (non-hydrogen) atoms. The number of hydrogen-bond acceptors (Lipinski definition) is 5. The molecule has 0 atom stereocenters. The molecule has 0 saturated carbocycles. The summed E-state index contributed by atoms with van der Waals surface area (Å²) in [6.45, 7) is 10.6. The van der Waals surface area contributed by atoms with Crippen molar-refractivity contribution in [1.29, 1.82) is 0 Å². The van der Waals surface area contributed by atoms with Crippen molar-refractivity contribution in [2.45, 2.75) is 59.9 Å². The van der Waals surface area contributed by atoms with Crippen LogP contribution in [0.2, 0.25) is 0 Å². The number of guanidine groups is 1. The Morgan fingerprint density at radius 3 is 2.65 bits per heavy atom. The molecule has 2 aromatic heterocycles. The van der Waals surface area contributed by atoms with Crippen LogP contribution in [0.4, 0.5) is 0 Å². The average molecular weight is 491 g/mol. The SMILES string of the molecule is CCNC(=NCc1c(CC)noc1CC)NCCCc1nc(C)cs1.I. The number of aryl methyl sites for hydroxylation is 4. The summed E-state index contributed by atoms with van der Waals surface area (Å²) in [5.74, 6) is 1.78. The molecular weight excluding hydrogens is 461 g/mol. The number of nitrogens with zero attached hydrogens (tertiary/aromatic N) is 3. The van der Waals surface area contributed by atoms with Crippen LogP contribution in [-0.2, 0) is 25.8 Å². The van der Waals surface area contributed by atoms with Gasteiger partial charge in [-0.3, -0.25) is 0 Å². The highest BCUT2D eigenvalue weighted by Crippen LogP contribution is 2.16. The fourth-order valence-electron chi connectivity index (χ4n) is 2.58. The molecule has 8 heteroatoms. The Bertz CT molecular complexity index is 661. The maximum Gasteiger partial charge on any atom is 0.191 e. The van der Waals surface area contributed by atoms with Gasteiger partial charge in [-0.15, -0.1) is 35.3 Å². The third kappa shape index (κ3) is 6.86. The van der Waals surface area contributed by atoms with Crippen molar-refractivity contribution in [1.82, 2.24) is 20.8 Å². The Morgan fingerprint density at radius 1 is 1.23 bits per heavy atom. The number of aliphatic imine (C=N–C) groups is 1. The Morgan fingerprint density at radius 2 is 2.04 bits per heavy atom. The van der Waals surface area contributed by atoms with Crippen LogP contribution in [0.1, 0.15) is 54.9 Å². The van der Waals surface area contributed by atoms with Gasteiger partial charge in [0.05, 0.1) is 17.2 Å². The topological polar surface area (TPSA) is 75.3 Å². The van der Waals surface area contributed by atoms with Crippen LogP contribution >= 0.6 is 35.3 Å². The summed E-state index contributed by atoms with van der Waals surface area (Å²) in [5.41, 5.74) is 3.24. The molecule has 6 nitrogen and oxygen atoms in total. The highest BCUT2D eigenvalue weighted by atomic mass is 127. The number of aromatic nitrogens is 2. The molecule has 2 N–H and O–H groups in total. The van der Waals surface area contributed by atoms with Crippen LogP contribution in [-0.4, -0.2) is 29.2 Å². The van der Waals surface area contributed by atoms with Gasteiger partial charge in [0.25, 0.3) is 0 Å². The predicted octanol–water partition coefficient (Wildman–Crippen LogP) is 3.87. The second-order valence-electron chi connectivity index (χ2n) is 5.85. The first-order valence-corrected chi connectivity index (χ1v) is 9.95. The summed E-state index contributed by atoms with van der Waals surface area (Å²) in [5, 5.41) is 14.1. The van der Waals surface area contributed by atoms with E-state index in [4.69, 9.17) is 9.52 Å². The zero-order chi connectivity index (χ0) is 18.1. The second-order valence-corrected chi connectivity index (χ2v) is 6.79. The minimum Gasteiger partial charge on any atom is -0.361 e. The van der Waals surface area contributed by atoms with E-state index >= 15 is 0 Å². The number of thiazole rings is 1. The normalized spacial score (nSPS) is 11.3. The first-order valence-electron chi connectivity index (χ1n) is 9.07. The Labute approximate surface area is 177 Å². The minimum absolute atomic E-state index is 0. The highest BCUT2D eigenvalue weighted by Gasteiger charge is 2.13. The Balaban J connectivity index is 0.00000338. The lowest BCUT2D eigenvalue weighted by atomic mass is 10.1. The molecule has 0 bridgehead atoms. The molecule has 0 fully saturated rings. The lowest BCUT2D eigenvalue weighted by Crippen LogP contribution is -2.37. The van der Waals surface area contributed by atoms with E-state index in [2.05, 4.69) is 46.9 Å². The predicted molar refractivity (Wildman–Crippen MR) is 119 cm³/mol. The van der Waals surface area contributed by atoms with Crippen LogP contribution < -0.4 is 10.6 Å². The van der Waals surface area contributed by atoms with Crippen molar-refractivity contribution in [2.24, 2.45) is 4.99 Å². The number of rotatable bonds is 9. The van der Waals surface area contributed by atoms with Gasteiger partial charge in [0.15, 0.2) is 5.96 Å². The van der Waals surface area contributed by atoms with Crippen molar-refractivity contribution in [2.75, 3.05) is 13.1 Å². The van der Waals surface area contributed by atoms with Gasteiger partial charge in [0.2, 0.25) is 0 Å². The first kappa shape index (κ1) is 22.9. The summed E-state index contributed by atoms with van der Waals surface area (Å²) < 4.78 is 5.41. The lowest BCUT2D eigenvalue weighted by molar-refractivity contribution is 0.380. The van der Waals surface area contributed by atoms with E-state index in [9.17, 15) is 0 Å². The maximum absolute atomic E-state index is 5.41. The Kier molecular flexibility index (Phi) is 10.8. The van der Waals surface area contributed by atoms with E-state index in [0.29, 0.717) is 6.54 Å². The van der Waals surface area contributed by atoms with E-state index in [1.165, 1.54) is 5.01 Å². The number of nitrogens with one attached hydrogen (secondary N) is 2. The zero-order valence-corrected chi connectivity index (χ0v) is 19.2. The number of halogens is 1. The average Bonchev–Trinajstić information content (AvgIpc) is 3.21. The molecule has 0 aliphatic heterocycles. The van der Waals surface area contributed by atoms with Gasteiger partial charge in [-0.1, -0.05) is 19.0 Å². The van der Waals surface area contributed by atoms with E-state index < -0.39 is 0 Å². The molecule has 0 aliphatic carbocycles. The Hall–Kier alpha value is -1.16. The molecule has 0 unspecified atom stereocenters. The first-order chi connectivity index (χ1) is 12.2. The van der Waals surface area contributed by atoms with Crippen molar-refractivity contribution in [3.8, 4) is 0 Å². The van der Waals surface area contributed by atoms with Gasteiger partial charge in [0.1, 0.15) is 5.76 Å². The van der Waals surface area contributed by atoms with Crippen LogP contribution in [0.3, 0.4) is 0 Å². The largest absolute Gasteiger partial charge is 0.361 e. The lowest BCUT2D eigenvalue weighted by Gasteiger charge is -2.11. The van der Waals surface area contributed by atoms with Crippen LogP contribution in [0, 0.1) is 6.92 Å². The molecule has 0 radical (unpaired) electrons. The van der Waals surface area contributed by atoms with Crippen molar-refractivity contribution in [3.63, 3.8) is 0 Å². The highest BCUT2D eigenvalue weighted by molar-refractivity contribution is 14.0. The molecule has 2 aromatic rings. The number of hydrogen-bond donors (Lipinski definition) is 2.